The monoisotopic (exact) mass is 274 g/mol. The van der Waals surface area contributed by atoms with Gasteiger partial charge in [0.15, 0.2) is 0 Å². The summed E-state index contributed by atoms with van der Waals surface area (Å²) >= 11 is 0. The van der Waals surface area contributed by atoms with Crippen LogP contribution in [-0.4, -0.2) is 30.6 Å². The fourth-order valence-corrected chi connectivity index (χ4v) is 1.94. The fourth-order valence-electron chi connectivity index (χ4n) is 1.94. The number of carbonyl (C=O) groups excluding carboxylic acids is 1. The van der Waals surface area contributed by atoms with E-state index < -0.39 is 23.9 Å². The lowest BCUT2D eigenvalue weighted by Gasteiger charge is -2.32. The van der Waals surface area contributed by atoms with E-state index in [1.165, 1.54) is 17.0 Å². The second-order valence-corrected chi connectivity index (χ2v) is 4.26. The first-order valence-electron chi connectivity index (χ1n) is 5.71. The van der Waals surface area contributed by atoms with Crippen LogP contribution in [0.15, 0.2) is 24.3 Å². The van der Waals surface area contributed by atoms with Gasteiger partial charge in [-0.25, -0.2) is 4.79 Å². The number of hydrogen-bond acceptors (Lipinski definition) is 2. The van der Waals surface area contributed by atoms with Crippen molar-refractivity contribution < 1.29 is 22.7 Å². The maximum atomic E-state index is 12.4. The van der Waals surface area contributed by atoms with E-state index in [0.29, 0.717) is 18.7 Å². The van der Waals surface area contributed by atoms with Gasteiger partial charge in [0.2, 0.25) is 0 Å². The average Bonchev–Trinajstić information content (AvgIpc) is 2.38. The van der Waals surface area contributed by atoms with Gasteiger partial charge in [0.05, 0.1) is 18.7 Å². The first-order chi connectivity index (χ1) is 8.88. The van der Waals surface area contributed by atoms with Crippen LogP contribution in [0.2, 0.25) is 0 Å². The molecule has 2 rings (SSSR count). The Morgan fingerprint density at radius 2 is 1.95 bits per heavy atom. The van der Waals surface area contributed by atoms with E-state index in [2.05, 4.69) is 0 Å². The van der Waals surface area contributed by atoms with Gasteiger partial charge in [0, 0.05) is 6.54 Å². The van der Waals surface area contributed by atoms with Crippen LogP contribution < -0.4 is 5.73 Å². The molecule has 2 amide bonds. The van der Waals surface area contributed by atoms with Gasteiger partial charge in [-0.15, -0.1) is 0 Å². The van der Waals surface area contributed by atoms with Crippen molar-refractivity contribution in [1.29, 1.82) is 0 Å². The minimum atomic E-state index is -4.36. The SMILES string of the molecule is NC(=O)N1CCOC(c2ccc(C(F)(F)F)cc2)C1. The van der Waals surface area contributed by atoms with Gasteiger partial charge in [0.25, 0.3) is 0 Å². The Hall–Kier alpha value is -1.76. The first kappa shape index (κ1) is 13.7. The number of rotatable bonds is 1. The summed E-state index contributed by atoms with van der Waals surface area (Å²) in [6.07, 6.45) is -4.80. The van der Waals surface area contributed by atoms with Crippen LogP contribution in [0.4, 0.5) is 18.0 Å². The van der Waals surface area contributed by atoms with Crippen molar-refractivity contribution in [2.24, 2.45) is 5.73 Å². The summed E-state index contributed by atoms with van der Waals surface area (Å²) in [7, 11) is 0. The quantitative estimate of drug-likeness (QED) is 0.853. The van der Waals surface area contributed by atoms with Gasteiger partial charge in [-0.1, -0.05) is 12.1 Å². The van der Waals surface area contributed by atoms with E-state index in [1.54, 1.807) is 0 Å². The van der Waals surface area contributed by atoms with E-state index >= 15 is 0 Å². The third kappa shape index (κ3) is 3.17. The van der Waals surface area contributed by atoms with Crippen molar-refractivity contribution in [1.82, 2.24) is 4.90 Å². The zero-order valence-electron chi connectivity index (χ0n) is 9.98. The van der Waals surface area contributed by atoms with Crippen molar-refractivity contribution in [2.75, 3.05) is 19.7 Å². The second kappa shape index (κ2) is 5.08. The molecule has 0 aliphatic carbocycles. The largest absolute Gasteiger partial charge is 0.416 e. The van der Waals surface area contributed by atoms with Crippen molar-refractivity contribution in [3.63, 3.8) is 0 Å². The minimum absolute atomic E-state index is 0.251. The standard InChI is InChI=1S/C12H13F3N2O2/c13-12(14,15)9-3-1-8(2-4-9)10-7-17(11(16)18)5-6-19-10/h1-4,10H,5-7H2,(H2,16,18). The molecule has 1 heterocycles. The zero-order valence-corrected chi connectivity index (χ0v) is 9.98. The van der Waals surface area contributed by atoms with Gasteiger partial charge in [0.1, 0.15) is 6.10 Å². The van der Waals surface area contributed by atoms with E-state index in [9.17, 15) is 18.0 Å². The lowest BCUT2D eigenvalue weighted by Crippen LogP contribution is -2.44. The molecule has 1 aliphatic heterocycles. The van der Waals surface area contributed by atoms with Crippen LogP contribution in [0.25, 0.3) is 0 Å². The Labute approximate surface area is 107 Å². The lowest BCUT2D eigenvalue weighted by molar-refractivity contribution is -0.137. The van der Waals surface area contributed by atoms with Gasteiger partial charge < -0.3 is 15.4 Å². The normalized spacial score (nSPS) is 20.4. The van der Waals surface area contributed by atoms with Crippen LogP contribution in [0.5, 0.6) is 0 Å². The Morgan fingerprint density at radius 1 is 1.32 bits per heavy atom. The highest BCUT2D eigenvalue weighted by Crippen LogP contribution is 2.31. The van der Waals surface area contributed by atoms with Crippen LogP contribution in [-0.2, 0) is 10.9 Å². The number of amides is 2. The number of carbonyl (C=O) groups is 1. The molecule has 1 aliphatic rings. The van der Waals surface area contributed by atoms with E-state index in [4.69, 9.17) is 10.5 Å². The summed E-state index contributed by atoms with van der Waals surface area (Å²) in [5.74, 6) is 0. The Balaban J connectivity index is 2.12. The van der Waals surface area contributed by atoms with E-state index in [1.807, 2.05) is 0 Å². The highest BCUT2D eigenvalue weighted by Gasteiger charge is 2.31. The molecule has 2 N–H and O–H groups in total. The molecule has 0 radical (unpaired) electrons. The molecule has 1 saturated heterocycles. The minimum Gasteiger partial charge on any atom is -0.370 e. The molecular formula is C12H13F3N2O2. The van der Waals surface area contributed by atoms with Gasteiger partial charge in [-0.05, 0) is 17.7 Å². The summed E-state index contributed by atoms with van der Waals surface area (Å²) in [4.78, 5) is 12.5. The molecule has 1 fully saturated rings. The number of hydrogen-bond donors (Lipinski definition) is 1. The van der Waals surface area contributed by atoms with Gasteiger partial charge >= 0.3 is 12.2 Å². The number of nitrogens with two attached hydrogens (primary N) is 1. The smallest absolute Gasteiger partial charge is 0.370 e. The number of morpholine rings is 1. The van der Waals surface area contributed by atoms with Crippen LogP contribution in [0.3, 0.4) is 0 Å². The molecule has 1 atom stereocenters. The predicted molar refractivity (Wildman–Crippen MR) is 61.3 cm³/mol. The summed E-state index contributed by atoms with van der Waals surface area (Å²) in [5, 5.41) is 0. The molecule has 7 heteroatoms. The topological polar surface area (TPSA) is 55.6 Å². The molecule has 1 unspecified atom stereocenters. The van der Waals surface area contributed by atoms with Gasteiger partial charge in [-0.3, -0.25) is 0 Å². The van der Waals surface area contributed by atoms with Crippen molar-refractivity contribution in [3.8, 4) is 0 Å². The molecule has 0 saturated carbocycles. The summed E-state index contributed by atoms with van der Waals surface area (Å²) in [5.41, 5.74) is 5.06. The highest BCUT2D eigenvalue weighted by atomic mass is 19.4. The Morgan fingerprint density at radius 3 is 2.47 bits per heavy atom. The van der Waals surface area contributed by atoms with Crippen LogP contribution >= 0.6 is 0 Å². The zero-order chi connectivity index (χ0) is 14.0. The molecule has 1 aromatic carbocycles. The molecule has 19 heavy (non-hydrogen) atoms. The third-order valence-electron chi connectivity index (χ3n) is 2.99. The van der Waals surface area contributed by atoms with Crippen molar-refractivity contribution in [3.05, 3.63) is 35.4 Å². The number of primary amides is 1. The molecular weight excluding hydrogens is 261 g/mol. The summed E-state index contributed by atoms with van der Waals surface area (Å²) in [6.45, 7) is 0.960. The van der Waals surface area contributed by atoms with Crippen LogP contribution in [0, 0.1) is 0 Å². The van der Waals surface area contributed by atoms with Crippen molar-refractivity contribution >= 4 is 6.03 Å². The Bertz CT molecular complexity index is 459. The number of halogens is 3. The lowest BCUT2D eigenvalue weighted by atomic mass is 10.1. The van der Waals surface area contributed by atoms with Gasteiger partial charge in [-0.2, -0.15) is 13.2 Å². The number of urea groups is 1. The molecule has 4 nitrogen and oxygen atoms in total. The number of nitrogens with zero attached hydrogens (tertiary/aromatic N) is 1. The van der Waals surface area contributed by atoms with E-state index in [0.717, 1.165) is 12.1 Å². The maximum Gasteiger partial charge on any atom is 0.416 e. The molecule has 1 aromatic rings. The fraction of sp³-hybridized carbons (Fsp3) is 0.417. The second-order valence-electron chi connectivity index (χ2n) is 4.26. The molecule has 104 valence electrons. The molecule has 0 aromatic heterocycles. The number of ether oxygens (including phenoxy) is 1. The molecule has 0 spiro atoms. The molecule has 0 bridgehead atoms. The number of alkyl halides is 3. The van der Waals surface area contributed by atoms with E-state index in [-0.39, 0.29) is 6.54 Å². The maximum absolute atomic E-state index is 12.4. The summed E-state index contributed by atoms with van der Waals surface area (Å²) in [6, 6.07) is 4.17. The predicted octanol–water partition coefficient (Wildman–Crippen LogP) is 2.16. The Kier molecular flexibility index (Phi) is 3.66. The third-order valence-corrected chi connectivity index (χ3v) is 2.99. The highest BCUT2D eigenvalue weighted by molar-refractivity contribution is 5.72. The summed E-state index contributed by atoms with van der Waals surface area (Å²) < 4.78 is 42.7. The number of benzene rings is 1. The first-order valence-corrected chi connectivity index (χ1v) is 5.71. The van der Waals surface area contributed by atoms with Crippen LogP contribution in [0.1, 0.15) is 17.2 Å². The van der Waals surface area contributed by atoms with Crippen molar-refractivity contribution in [2.45, 2.75) is 12.3 Å². The average molecular weight is 274 g/mol.